The van der Waals surface area contributed by atoms with Gasteiger partial charge in [0.25, 0.3) is 5.91 Å². The maximum absolute atomic E-state index is 11.9. The molecule has 0 bridgehead atoms. The Morgan fingerprint density at radius 1 is 1.39 bits per heavy atom. The lowest BCUT2D eigenvalue weighted by atomic mass is 9.94. The molecular weight excluding hydrogens is 228 g/mol. The number of nitrogens with two attached hydrogens (primary N) is 1. The highest BCUT2D eigenvalue weighted by Gasteiger charge is 2.21. The van der Waals surface area contributed by atoms with Crippen molar-refractivity contribution in [1.82, 2.24) is 5.32 Å². The van der Waals surface area contributed by atoms with Crippen molar-refractivity contribution in [3.63, 3.8) is 0 Å². The molecule has 0 spiro atoms. The van der Waals surface area contributed by atoms with E-state index in [-0.39, 0.29) is 17.2 Å². The molecule has 0 saturated heterocycles. The number of carbonyl (C=O) groups excluding carboxylic acids is 1. The van der Waals surface area contributed by atoms with E-state index in [0.29, 0.717) is 17.7 Å². The van der Waals surface area contributed by atoms with Crippen molar-refractivity contribution in [2.45, 2.75) is 39.2 Å². The molecule has 0 aliphatic rings. The minimum atomic E-state index is -0.346. The van der Waals surface area contributed by atoms with Crippen LogP contribution in [-0.2, 0) is 0 Å². The van der Waals surface area contributed by atoms with Crippen molar-refractivity contribution in [1.29, 1.82) is 0 Å². The van der Waals surface area contributed by atoms with Crippen LogP contribution >= 0.6 is 0 Å². The molecule has 1 amide bonds. The van der Waals surface area contributed by atoms with E-state index in [1.54, 1.807) is 19.1 Å². The van der Waals surface area contributed by atoms with Gasteiger partial charge in [-0.25, -0.2) is 0 Å². The third kappa shape index (κ3) is 3.47. The third-order valence-electron chi connectivity index (χ3n) is 3.47. The fourth-order valence-electron chi connectivity index (χ4n) is 1.66. The Balaban J connectivity index is 2.68. The molecule has 0 aliphatic heterocycles. The number of phenolic OH excluding ortho intramolecular Hbond substituents is 1. The highest BCUT2D eigenvalue weighted by atomic mass is 16.3. The summed E-state index contributed by atoms with van der Waals surface area (Å²) in [6.07, 6.45) is 1.64. The van der Waals surface area contributed by atoms with E-state index in [4.69, 9.17) is 5.73 Å². The lowest BCUT2D eigenvalue weighted by Gasteiger charge is -2.26. The standard InChI is InChI=1S/C14H22N2O2/c1-4-14(15,5-2)9-16-13(18)11-6-7-12(17)10(3)8-11/h6-8,17H,4-5,9,15H2,1-3H3,(H,16,18). The van der Waals surface area contributed by atoms with E-state index < -0.39 is 0 Å². The molecule has 0 unspecified atom stereocenters. The third-order valence-corrected chi connectivity index (χ3v) is 3.47. The van der Waals surface area contributed by atoms with Gasteiger partial charge in [-0.05, 0) is 43.5 Å². The molecule has 18 heavy (non-hydrogen) atoms. The van der Waals surface area contributed by atoms with Crippen LogP contribution in [0.1, 0.15) is 42.6 Å². The second kappa shape index (κ2) is 5.87. The summed E-state index contributed by atoms with van der Waals surface area (Å²) < 4.78 is 0. The first-order valence-corrected chi connectivity index (χ1v) is 6.28. The van der Waals surface area contributed by atoms with E-state index in [9.17, 15) is 9.90 Å². The number of hydrogen-bond acceptors (Lipinski definition) is 3. The molecule has 4 heteroatoms. The zero-order valence-corrected chi connectivity index (χ0v) is 11.3. The van der Waals surface area contributed by atoms with Crippen molar-refractivity contribution in [3.8, 4) is 5.75 Å². The molecule has 1 aromatic rings. The van der Waals surface area contributed by atoms with Gasteiger partial charge in [0.15, 0.2) is 0 Å². The lowest BCUT2D eigenvalue weighted by Crippen LogP contribution is -2.49. The molecule has 4 nitrogen and oxygen atoms in total. The predicted octanol–water partition coefficient (Wildman–Crippen LogP) is 1.95. The molecule has 0 aliphatic carbocycles. The lowest BCUT2D eigenvalue weighted by molar-refractivity contribution is 0.0942. The van der Waals surface area contributed by atoms with Crippen LogP contribution in [0.3, 0.4) is 0 Å². The number of nitrogens with one attached hydrogen (secondary N) is 1. The van der Waals surface area contributed by atoms with Crippen molar-refractivity contribution in [2.24, 2.45) is 5.73 Å². The first-order valence-electron chi connectivity index (χ1n) is 6.28. The molecule has 0 aromatic heterocycles. The second-order valence-electron chi connectivity index (χ2n) is 4.75. The molecule has 100 valence electrons. The summed E-state index contributed by atoms with van der Waals surface area (Å²) in [5.41, 5.74) is 7.01. The van der Waals surface area contributed by atoms with Crippen molar-refractivity contribution in [2.75, 3.05) is 6.54 Å². The van der Waals surface area contributed by atoms with Gasteiger partial charge < -0.3 is 16.2 Å². The van der Waals surface area contributed by atoms with Gasteiger partial charge in [-0.15, -0.1) is 0 Å². The Hall–Kier alpha value is -1.55. The fourth-order valence-corrected chi connectivity index (χ4v) is 1.66. The molecule has 0 saturated carbocycles. The van der Waals surface area contributed by atoms with Crippen LogP contribution < -0.4 is 11.1 Å². The quantitative estimate of drug-likeness (QED) is 0.747. The van der Waals surface area contributed by atoms with Gasteiger partial charge in [0, 0.05) is 17.6 Å². The first kappa shape index (κ1) is 14.5. The number of carbonyl (C=O) groups is 1. The van der Waals surface area contributed by atoms with E-state index in [1.807, 2.05) is 13.8 Å². The van der Waals surface area contributed by atoms with E-state index in [0.717, 1.165) is 12.8 Å². The average Bonchev–Trinajstić information content (AvgIpc) is 2.38. The maximum atomic E-state index is 11.9. The van der Waals surface area contributed by atoms with Crippen LogP contribution in [0.15, 0.2) is 18.2 Å². The molecular formula is C14H22N2O2. The first-order chi connectivity index (χ1) is 8.41. The Morgan fingerprint density at radius 3 is 2.50 bits per heavy atom. The number of benzene rings is 1. The molecule has 4 N–H and O–H groups in total. The second-order valence-corrected chi connectivity index (χ2v) is 4.75. The zero-order valence-electron chi connectivity index (χ0n) is 11.3. The van der Waals surface area contributed by atoms with Crippen molar-refractivity contribution < 1.29 is 9.90 Å². The van der Waals surface area contributed by atoms with Gasteiger partial charge in [0.2, 0.25) is 0 Å². The molecule has 0 fully saturated rings. The number of aromatic hydroxyl groups is 1. The summed E-state index contributed by atoms with van der Waals surface area (Å²) in [7, 11) is 0. The largest absolute Gasteiger partial charge is 0.508 e. The average molecular weight is 250 g/mol. The number of hydrogen-bond donors (Lipinski definition) is 3. The van der Waals surface area contributed by atoms with Crippen LogP contribution in [0.4, 0.5) is 0 Å². The smallest absolute Gasteiger partial charge is 0.251 e. The Labute approximate surface area is 108 Å². The van der Waals surface area contributed by atoms with Crippen LogP contribution in [-0.4, -0.2) is 23.1 Å². The number of phenols is 1. The minimum Gasteiger partial charge on any atom is -0.508 e. The van der Waals surface area contributed by atoms with Crippen LogP contribution in [0, 0.1) is 6.92 Å². The Kier molecular flexibility index (Phi) is 4.73. The maximum Gasteiger partial charge on any atom is 0.251 e. The topological polar surface area (TPSA) is 75.3 Å². The zero-order chi connectivity index (χ0) is 13.8. The van der Waals surface area contributed by atoms with Crippen LogP contribution in [0.5, 0.6) is 5.75 Å². The Bertz CT molecular complexity index is 426. The number of rotatable bonds is 5. The highest BCUT2D eigenvalue weighted by molar-refractivity contribution is 5.94. The molecule has 0 radical (unpaired) electrons. The summed E-state index contributed by atoms with van der Waals surface area (Å²) in [4.78, 5) is 11.9. The summed E-state index contributed by atoms with van der Waals surface area (Å²) >= 11 is 0. The molecule has 1 rings (SSSR count). The molecule has 1 aromatic carbocycles. The summed E-state index contributed by atoms with van der Waals surface area (Å²) in [6, 6.07) is 4.80. The fraction of sp³-hybridized carbons (Fsp3) is 0.500. The van der Waals surface area contributed by atoms with Crippen molar-refractivity contribution in [3.05, 3.63) is 29.3 Å². The summed E-state index contributed by atoms with van der Waals surface area (Å²) in [5, 5.41) is 12.3. The monoisotopic (exact) mass is 250 g/mol. The molecule has 0 heterocycles. The van der Waals surface area contributed by atoms with Gasteiger partial charge in [-0.1, -0.05) is 13.8 Å². The number of amides is 1. The number of aryl methyl sites for hydroxylation is 1. The summed E-state index contributed by atoms with van der Waals surface area (Å²) in [6.45, 7) is 6.25. The summed E-state index contributed by atoms with van der Waals surface area (Å²) in [5.74, 6) is 0.0386. The normalized spacial score (nSPS) is 11.3. The highest BCUT2D eigenvalue weighted by Crippen LogP contribution is 2.17. The van der Waals surface area contributed by atoms with Gasteiger partial charge in [-0.3, -0.25) is 4.79 Å². The minimum absolute atomic E-state index is 0.158. The van der Waals surface area contributed by atoms with Crippen LogP contribution in [0.2, 0.25) is 0 Å². The van der Waals surface area contributed by atoms with Gasteiger partial charge >= 0.3 is 0 Å². The van der Waals surface area contributed by atoms with Gasteiger partial charge in [0.05, 0.1) is 0 Å². The van der Waals surface area contributed by atoms with E-state index in [1.165, 1.54) is 6.07 Å². The SMILES string of the molecule is CCC(N)(CC)CNC(=O)c1ccc(O)c(C)c1. The van der Waals surface area contributed by atoms with Gasteiger partial charge in [0.1, 0.15) is 5.75 Å². The van der Waals surface area contributed by atoms with Crippen molar-refractivity contribution >= 4 is 5.91 Å². The molecule has 0 atom stereocenters. The van der Waals surface area contributed by atoms with Gasteiger partial charge in [-0.2, -0.15) is 0 Å². The van der Waals surface area contributed by atoms with Crippen LogP contribution in [0.25, 0.3) is 0 Å². The predicted molar refractivity (Wildman–Crippen MR) is 72.7 cm³/mol. The van der Waals surface area contributed by atoms with E-state index in [2.05, 4.69) is 5.32 Å². The van der Waals surface area contributed by atoms with E-state index >= 15 is 0 Å². The Morgan fingerprint density at radius 2 is 2.00 bits per heavy atom.